The summed E-state index contributed by atoms with van der Waals surface area (Å²) in [6.45, 7) is 5.65. The van der Waals surface area contributed by atoms with E-state index in [0.29, 0.717) is 6.42 Å². The minimum atomic E-state index is -0.909. The molecule has 2 N–H and O–H groups in total. The van der Waals surface area contributed by atoms with E-state index in [1.165, 1.54) is 4.90 Å². The zero-order valence-electron chi connectivity index (χ0n) is 9.19. The van der Waals surface area contributed by atoms with Gasteiger partial charge in [-0.2, -0.15) is 0 Å². The van der Waals surface area contributed by atoms with Crippen LogP contribution >= 0.6 is 0 Å². The Bertz CT molecular complexity index is 241. The van der Waals surface area contributed by atoms with Crippen molar-refractivity contribution in [3.63, 3.8) is 0 Å². The quantitative estimate of drug-likeness (QED) is 0.650. The van der Waals surface area contributed by atoms with Crippen LogP contribution in [0, 0.1) is 0 Å². The standard InChI is InChI=1S/C10H18N2O3/c1-4-5-8(2)11-10(15)12(3)7-6-9(13)14/h4,8H,1,5-7H2,2-3H3,(H,11,15)(H,13,14). The number of rotatable bonds is 6. The van der Waals surface area contributed by atoms with E-state index in [4.69, 9.17) is 5.11 Å². The molecule has 15 heavy (non-hydrogen) atoms. The molecule has 0 bridgehead atoms. The number of hydrogen-bond donors (Lipinski definition) is 2. The molecule has 2 amide bonds. The Balaban J connectivity index is 3.87. The molecule has 0 aliphatic rings. The molecular weight excluding hydrogens is 196 g/mol. The first-order valence-corrected chi connectivity index (χ1v) is 4.81. The third-order valence-corrected chi connectivity index (χ3v) is 1.90. The predicted octanol–water partition coefficient (Wildman–Crippen LogP) is 1.07. The van der Waals surface area contributed by atoms with Gasteiger partial charge in [0.2, 0.25) is 0 Å². The fraction of sp³-hybridized carbons (Fsp3) is 0.600. The molecule has 0 rings (SSSR count). The van der Waals surface area contributed by atoms with Gasteiger partial charge >= 0.3 is 12.0 Å². The fourth-order valence-corrected chi connectivity index (χ4v) is 0.995. The summed E-state index contributed by atoms with van der Waals surface area (Å²) >= 11 is 0. The molecule has 0 saturated heterocycles. The van der Waals surface area contributed by atoms with Crippen LogP contribution in [0.3, 0.4) is 0 Å². The number of nitrogens with one attached hydrogen (secondary N) is 1. The van der Waals surface area contributed by atoms with Gasteiger partial charge in [0.25, 0.3) is 0 Å². The first-order chi connectivity index (χ1) is 6.97. The van der Waals surface area contributed by atoms with Gasteiger partial charge in [-0.05, 0) is 13.3 Å². The first-order valence-electron chi connectivity index (χ1n) is 4.81. The van der Waals surface area contributed by atoms with Gasteiger partial charge in [-0.3, -0.25) is 4.79 Å². The van der Waals surface area contributed by atoms with Gasteiger partial charge in [0.05, 0.1) is 6.42 Å². The van der Waals surface area contributed by atoms with Crippen molar-refractivity contribution >= 4 is 12.0 Å². The number of carbonyl (C=O) groups is 2. The van der Waals surface area contributed by atoms with E-state index in [1.807, 2.05) is 6.92 Å². The highest BCUT2D eigenvalue weighted by Gasteiger charge is 2.11. The van der Waals surface area contributed by atoms with Crippen molar-refractivity contribution in [1.29, 1.82) is 0 Å². The molecule has 0 saturated carbocycles. The Kier molecular flexibility index (Phi) is 6.17. The predicted molar refractivity (Wildman–Crippen MR) is 57.7 cm³/mol. The maximum absolute atomic E-state index is 11.4. The third kappa shape index (κ3) is 6.54. The second-order valence-electron chi connectivity index (χ2n) is 3.44. The van der Waals surface area contributed by atoms with E-state index in [2.05, 4.69) is 11.9 Å². The van der Waals surface area contributed by atoms with Crippen molar-refractivity contribution in [1.82, 2.24) is 10.2 Å². The molecule has 5 heteroatoms. The summed E-state index contributed by atoms with van der Waals surface area (Å²) in [5, 5.41) is 11.2. The third-order valence-electron chi connectivity index (χ3n) is 1.90. The molecule has 1 atom stereocenters. The lowest BCUT2D eigenvalue weighted by molar-refractivity contribution is -0.137. The van der Waals surface area contributed by atoms with E-state index in [0.717, 1.165) is 0 Å². The largest absolute Gasteiger partial charge is 0.481 e. The van der Waals surface area contributed by atoms with Gasteiger partial charge in [-0.15, -0.1) is 6.58 Å². The van der Waals surface area contributed by atoms with Crippen LogP contribution in [-0.4, -0.2) is 41.6 Å². The average molecular weight is 214 g/mol. The Labute approximate surface area is 89.8 Å². The van der Waals surface area contributed by atoms with Gasteiger partial charge in [0.1, 0.15) is 0 Å². The van der Waals surface area contributed by atoms with Crippen molar-refractivity contribution in [2.45, 2.75) is 25.8 Å². The molecule has 0 aromatic rings. The molecule has 86 valence electrons. The molecule has 0 aromatic carbocycles. The highest BCUT2D eigenvalue weighted by Crippen LogP contribution is 1.94. The van der Waals surface area contributed by atoms with Crippen molar-refractivity contribution in [3.05, 3.63) is 12.7 Å². The van der Waals surface area contributed by atoms with Crippen molar-refractivity contribution in [2.24, 2.45) is 0 Å². The lowest BCUT2D eigenvalue weighted by Crippen LogP contribution is -2.42. The Morgan fingerprint density at radius 2 is 2.20 bits per heavy atom. The van der Waals surface area contributed by atoms with Gasteiger partial charge in [0, 0.05) is 19.6 Å². The zero-order valence-corrected chi connectivity index (χ0v) is 9.19. The van der Waals surface area contributed by atoms with E-state index in [-0.39, 0.29) is 25.0 Å². The van der Waals surface area contributed by atoms with Crippen LogP contribution in [0.25, 0.3) is 0 Å². The summed E-state index contributed by atoms with van der Waals surface area (Å²) in [7, 11) is 1.57. The summed E-state index contributed by atoms with van der Waals surface area (Å²) < 4.78 is 0. The van der Waals surface area contributed by atoms with Gasteiger partial charge in [-0.25, -0.2) is 4.79 Å². The second-order valence-corrected chi connectivity index (χ2v) is 3.44. The van der Waals surface area contributed by atoms with Crippen LogP contribution in [0.1, 0.15) is 19.8 Å². The van der Waals surface area contributed by atoms with Crippen LogP contribution in [0.2, 0.25) is 0 Å². The number of urea groups is 1. The van der Waals surface area contributed by atoms with Crippen LogP contribution < -0.4 is 5.32 Å². The van der Waals surface area contributed by atoms with Crippen molar-refractivity contribution < 1.29 is 14.7 Å². The van der Waals surface area contributed by atoms with Crippen LogP contribution in [0.15, 0.2) is 12.7 Å². The molecule has 0 aliphatic heterocycles. The minimum absolute atomic E-state index is 0.0160. The van der Waals surface area contributed by atoms with Gasteiger partial charge in [0.15, 0.2) is 0 Å². The van der Waals surface area contributed by atoms with Gasteiger partial charge < -0.3 is 15.3 Å². The fourth-order valence-electron chi connectivity index (χ4n) is 0.995. The summed E-state index contributed by atoms with van der Waals surface area (Å²) in [4.78, 5) is 23.1. The molecule has 0 radical (unpaired) electrons. The smallest absolute Gasteiger partial charge is 0.317 e. The normalized spacial score (nSPS) is 11.6. The second kappa shape index (κ2) is 6.86. The molecule has 0 aromatic heterocycles. The molecule has 0 heterocycles. The number of carbonyl (C=O) groups excluding carboxylic acids is 1. The molecular formula is C10H18N2O3. The zero-order chi connectivity index (χ0) is 11.8. The van der Waals surface area contributed by atoms with Crippen LogP contribution in [0.4, 0.5) is 4.79 Å². The lowest BCUT2D eigenvalue weighted by Gasteiger charge is -2.19. The number of amides is 2. The van der Waals surface area contributed by atoms with Crippen LogP contribution in [0.5, 0.6) is 0 Å². The van der Waals surface area contributed by atoms with E-state index >= 15 is 0 Å². The molecule has 0 spiro atoms. The monoisotopic (exact) mass is 214 g/mol. The number of aliphatic carboxylic acids is 1. The Hall–Kier alpha value is -1.52. The number of carboxylic acid groups (broad SMARTS) is 1. The van der Waals surface area contributed by atoms with Crippen molar-refractivity contribution in [3.8, 4) is 0 Å². The average Bonchev–Trinajstić information content (AvgIpc) is 2.14. The number of hydrogen-bond acceptors (Lipinski definition) is 2. The summed E-state index contributed by atoms with van der Waals surface area (Å²) in [5.74, 6) is -0.909. The summed E-state index contributed by atoms with van der Waals surface area (Å²) in [6.07, 6.45) is 2.38. The van der Waals surface area contributed by atoms with E-state index < -0.39 is 5.97 Å². The number of nitrogens with zero attached hydrogens (tertiary/aromatic N) is 1. The molecule has 1 unspecified atom stereocenters. The number of carboxylic acids is 1. The maximum Gasteiger partial charge on any atom is 0.317 e. The highest BCUT2D eigenvalue weighted by atomic mass is 16.4. The SMILES string of the molecule is C=CCC(C)NC(=O)N(C)CCC(=O)O. The highest BCUT2D eigenvalue weighted by molar-refractivity contribution is 5.75. The molecule has 0 fully saturated rings. The van der Waals surface area contributed by atoms with Crippen LogP contribution in [-0.2, 0) is 4.79 Å². The Morgan fingerprint density at radius 1 is 1.60 bits per heavy atom. The van der Waals surface area contributed by atoms with E-state index in [9.17, 15) is 9.59 Å². The lowest BCUT2D eigenvalue weighted by atomic mass is 10.2. The Morgan fingerprint density at radius 3 is 2.67 bits per heavy atom. The molecule has 0 aliphatic carbocycles. The maximum atomic E-state index is 11.4. The van der Waals surface area contributed by atoms with Crippen molar-refractivity contribution in [2.75, 3.05) is 13.6 Å². The van der Waals surface area contributed by atoms with E-state index in [1.54, 1.807) is 13.1 Å². The molecule has 5 nitrogen and oxygen atoms in total. The summed E-state index contributed by atoms with van der Waals surface area (Å²) in [6, 6.07) is -0.243. The summed E-state index contributed by atoms with van der Waals surface area (Å²) in [5.41, 5.74) is 0. The van der Waals surface area contributed by atoms with Gasteiger partial charge in [-0.1, -0.05) is 6.08 Å². The topological polar surface area (TPSA) is 69.6 Å². The first kappa shape index (κ1) is 13.5. The minimum Gasteiger partial charge on any atom is -0.481 e.